The molecule has 2 rings (SSSR count). The molecule has 1 aromatic carbocycles. The quantitative estimate of drug-likeness (QED) is 0.663. The average Bonchev–Trinajstić information content (AvgIpc) is 2.78. The number of hydrazone groups is 1. The highest BCUT2D eigenvalue weighted by molar-refractivity contribution is 7.17. The summed E-state index contributed by atoms with van der Waals surface area (Å²) in [5.74, 6) is 0.448. The van der Waals surface area contributed by atoms with Gasteiger partial charge < -0.3 is 10.5 Å². The van der Waals surface area contributed by atoms with E-state index in [9.17, 15) is 4.79 Å². The number of nitrogens with one attached hydrogen (secondary N) is 1. The van der Waals surface area contributed by atoms with Crippen molar-refractivity contribution in [1.82, 2.24) is 10.4 Å². The molecule has 0 bridgehead atoms. The molecule has 0 radical (unpaired) electrons. The molecule has 0 aliphatic heterocycles. The molecule has 0 unspecified atom stereocenters. The standard InChI is InChI=1S/C13H14N4O2S/c1-8-11(20-13(14)16-8)12(18)17-15-7-9-3-5-10(19-2)6-4-9/h3-7H,1-2H3,(H2,14,16)(H,17,18)/b15-7+. The number of amides is 1. The highest BCUT2D eigenvalue weighted by atomic mass is 32.1. The fraction of sp³-hybridized carbons (Fsp3) is 0.154. The molecule has 1 heterocycles. The van der Waals surface area contributed by atoms with Crippen LogP contribution >= 0.6 is 11.3 Å². The monoisotopic (exact) mass is 290 g/mol. The maximum Gasteiger partial charge on any atom is 0.283 e. The molecule has 1 aromatic heterocycles. The van der Waals surface area contributed by atoms with Crippen LogP contribution in [0.5, 0.6) is 5.75 Å². The van der Waals surface area contributed by atoms with E-state index in [1.165, 1.54) is 0 Å². The second kappa shape index (κ2) is 6.16. The molecule has 0 saturated carbocycles. The number of carbonyl (C=O) groups excluding carboxylic acids is 1. The molecule has 3 N–H and O–H groups in total. The van der Waals surface area contributed by atoms with Crippen molar-refractivity contribution in [3.05, 3.63) is 40.4 Å². The third-order valence-corrected chi connectivity index (χ3v) is 3.50. The van der Waals surface area contributed by atoms with Crippen molar-refractivity contribution in [1.29, 1.82) is 0 Å². The van der Waals surface area contributed by atoms with Gasteiger partial charge in [-0.1, -0.05) is 11.3 Å². The van der Waals surface area contributed by atoms with Crippen LogP contribution in [0.2, 0.25) is 0 Å². The fourth-order valence-electron chi connectivity index (χ4n) is 1.53. The lowest BCUT2D eigenvalue weighted by Crippen LogP contribution is -2.17. The number of hydrogen-bond acceptors (Lipinski definition) is 6. The number of thiazole rings is 1. The second-order valence-electron chi connectivity index (χ2n) is 3.94. The van der Waals surface area contributed by atoms with Gasteiger partial charge in [-0.25, -0.2) is 10.4 Å². The van der Waals surface area contributed by atoms with E-state index in [4.69, 9.17) is 10.5 Å². The van der Waals surface area contributed by atoms with Gasteiger partial charge in [0, 0.05) is 0 Å². The van der Waals surface area contributed by atoms with Gasteiger partial charge in [0.05, 0.1) is 19.0 Å². The molecular weight excluding hydrogens is 276 g/mol. The zero-order valence-electron chi connectivity index (χ0n) is 11.1. The first-order valence-corrected chi connectivity index (χ1v) is 6.62. The minimum absolute atomic E-state index is 0.318. The maximum absolute atomic E-state index is 11.8. The molecule has 0 fully saturated rings. The van der Waals surface area contributed by atoms with Gasteiger partial charge in [-0.15, -0.1) is 0 Å². The van der Waals surface area contributed by atoms with Gasteiger partial charge in [-0.05, 0) is 36.8 Å². The molecule has 0 atom stereocenters. The molecule has 0 aliphatic rings. The molecular formula is C13H14N4O2S. The Labute approximate surface area is 120 Å². The van der Waals surface area contributed by atoms with Crippen molar-refractivity contribution in [2.75, 3.05) is 12.8 Å². The molecule has 0 saturated heterocycles. The third-order valence-electron chi connectivity index (χ3n) is 2.51. The summed E-state index contributed by atoms with van der Waals surface area (Å²) in [6.45, 7) is 1.73. The Morgan fingerprint density at radius 3 is 2.70 bits per heavy atom. The van der Waals surface area contributed by atoms with Gasteiger partial charge in [-0.3, -0.25) is 4.79 Å². The minimum Gasteiger partial charge on any atom is -0.497 e. The normalized spacial score (nSPS) is 10.7. The summed E-state index contributed by atoms with van der Waals surface area (Å²) in [6, 6.07) is 7.31. The first kappa shape index (κ1) is 14.0. The Hall–Kier alpha value is -2.41. The van der Waals surface area contributed by atoms with Gasteiger partial charge >= 0.3 is 0 Å². The van der Waals surface area contributed by atoms with Crippen molar-refractivity contribution in [2.45, 2.75) is 6.92 Å². The van der Waals surface area contributed by atoms with Crippen LogP contribution in [-0.2, 0) is 0 Å². The summed E-state index contributed by atoms with van der Waals surface area (Å²) in [7, 11) is 1.60. The summed E-state index contributed by atoms with van der Waals surface area (Å²) in [5.41, 5.74) is 9.44. The number of benzene rings is 1. The SMILES string of the molecule is COc1ccc(/C=N/NC(=O)c2sc(N)nc2C)cc1. The number of aromatic nitrogens is 1. The van der Waals surface area contributed by atoms with Crippen molar-refractivity contribution < 1.29 is 9.53 Å². The van der Waals surface area contributed by atoms with Gasteiger partial charge in [0.1, 0.15) is 10.6 Å². The fourth-order valence-corrected chi connectivity index (χ4v) is 2.26. The van der Waals surface area contributed by atoms with Crippen LogP contribution in [0.25, 0.3) is 0 Å². The van der Waals surface area contributed by atoms with E-state index in [2.05, 4.69) is 15.5 Å². The van der Waals surface area contributed by atoms with Crippen molar-refractivity contribution in [2.24, 2.45) is 5.10 Å². The van der Waals surface area contributed by atoms with Gasteiger partial charge in [0.15, 0.2) is 5.13 Å². The predicted molar refractivity (Wildman–Crippen MR) is 79.3 cm³/mol. The number of carbonyl (C=O) groups is 1. The molecule has 20 heavy (non-hydrogen) atoms. The number of nitrogen functional groups attached to an aromatic ring is 1. The van der Waals surface area contributed by atoms with Gasteiger partial charge in [0.25, 0.3) is 5.91 Å². The number of nitrogens with zero attached hydrogens (tertiary/aromatic N) is 2. The van der Waals surface area contributed by atoms with E-state index >= 15 is 0 Å². The van der Waals surface area contributed by atoms with Crippen LogP contribution < -0.4 is 15.9 Å². The van der Waals surface area contributed by atoms with E-state index in [-0.39, 0.29) is 5.91 Å². The Kier molecular flexibility index (Phi) is 4.31. The van der Waals surface area contributed by atoms with Gasteiger partial charge in [-0.2, -0.15) is 5.10 Å². The lowest BCUT2D eigenvalue weighted by molar-refractivity contribution is 0.0958. The largest absolute Gasteiger partial charge is 0.497 e. The minimum atomic E-state index is -0.318. The number of aryl methyl sites for hydroxylation is 1. The number of nitrogens with two attached hydrogens (primary N) is 1. The van der Waals surface area contributed by atoms with Crippen LogP contribution in [0.1, 0.15) is 20.9 Å². The molecule has 7 heteroatoms. The number of rotatable bonds is 4. The topological polar surface area (TPSA) is 89.6 Å². The highest BCUT2D eigenvalue weighted by Gasteiger charge is 2.13. The van der Waals surface area contributed by atoms with Crippen LogP contribution in [0, 0.1) is 6.92 Å². The Bertz CT molecular complexity index is 634. The Balaban J connectivity index is 1.98. The number of methoxy groups -OCH3 is 1. The first-order chi connectivity index (χ1) is 9.60. The summed E-state index contributed by atoms with van der Waals surface area (Å²) < 4.78 is 5.05. The number of hydrogen-bond donors (Lipinski definition) is 2. The molecule has 6 nitrogen and oxygen atoms in total. The van der Waals surface area contributed by atoms with Crippen LogP contribution in [0.15, 0.2) is 29.4 Å². The lowest BCUT2D eigenvalue weighted by Gasteiger charge is -1.99. The third kappa shape index (κ3) is 3.33. The van der Waals surface area contributed by atoms with E-state index in [0.29, 0.717) is 15.7 Å². The lowest BCUT2D eigenvalue weighted by atomic mass is 10.2. The van der Waals surface area contributed by atoms with Crippen LogP contribution in [-0.4, -0.2) is 24.2 Å². The van der Waals surface area contributed by atoms with Gasteiger partial charge in [0.2, 0.25) is 0 Å². The predicted octanol–water partition coefficient (Wildman–Crippen LogP) is 1.81. The number of anilines is 1. The van der Waals surface area contributed by atoms with E-state index in [1.807, 2.05) is 24.3 Å². The molecule has 0 aliphatic carbocycles. The molecule has 1 amide bonds. The van der Waals surface area contributed by atoms with Crippen molar-refractivity contribution in [3.63, 3.8) is 0 Å². The first-order valence-electron chi connectivity index (χ1n) is 5.80. The van der Waals surface area contributed by atoms with E-state index in [0.717, 1.165) is 22.6 Å². The summed E-state index contributed by atoms with van der Waals surface area (Å²) in [4.78, 5) is 16.3. The summed E-state index contributed by atoms with van der Waals surface area (Å²) >= 11 is 1.14. The van der Waals surface area contributed by atoms with Crippen molar-refractivity contribution >= 4 is 28.6 Å². The van der Waals surface area contributed by atoms with Crippen LogP contribution in [0.4, 0.5) is 5.13 Å². The number of ether oxygens (including phenoxy) is 1. The maximum atomic E-state index is 11.8. The average molecular weight is 290 g/mol. The summed E-state index contributed by atoms with van der Waals surface area (Å²) in [6.07, 6.45) is 1.55. The smallest absolute Gasteiger partial charge is 0.283 e. The van der Waals surface area contributed by atoms with E-state index < -0.39 is 0 Å². The highest BCUT2D eigenvalue weighted by Crippen LogP contribution is 2.19. The Morgan fingerprint density at radius 1 is 1.45 bits per heavy atom. The van der Waals surface area contributed by atoms with E-state index in [1.54, 1.807) is 20.2 Å². The zero-order valence-corrected chi connectivity index (χ0v) is 11.9. The molecule has 104 valence electrons. The molecule has 2 aromatic rings. The Morgan fingerprint density at radius 2 is 2.15 bits per heavy atom. The van der Waals surface area contributed by atoms with Crippen LogP contribution in [0.3, 0.4) is 0 Å². The van der Waals surface area contributed by atoms with Crippen molar-refractivity contribution in [3.8, 4) is 5.75 Å². The molecule has 0 spiro atoms. The summed E-state index contributed by atoms with van der Waals surface area (Å²) in [5, 5.41) is 4.26. The zero-order chi connectivity index (χ0) is 14.5. The second-order valence-corrected chi connectivity index (χ2v) is 4.97.